The van der Waals surface area contributed by atoms with Crippen LogP contribution in [-0.4, -0.2) is 27.9 Å². The fourth-order valence-corrected chi connectivity index (χ4v) is 4.19. The number of fused-ring (bicyclic) bond motifs is 1. The molecule has 1 saturated carbocycles. The Kier molecular flexibility index (Phi) is 3.20. The Morgan fingerprint density at radius 1 is 1.61 bits per heavy atom. The molecule has 0 spiro atoms. The van der Waals surface area contributed by atoms with Crippen molar-refractivity contribution in [2.24, 2.45) is 5.92 Å². The maximum absolute atomic E-state index is 11.5. The van der Waals surface area contributed by atoms with Crippen LogP contribution in [0.2, 0.25) is 0 Å². The molecular weight excluding hydrogens is 248 g/mol. The molecule has 0 bridgehead atoms. The Morgan fingerprint density at radius 2 is 2.50 bits per heavy atom. The van der Waals surface area contributed by atoms with Gasteiger partial charge < -0.3 is 9.72 Å². The van der Waals surface area contributed by atoms with Crippen LogP contribution < -0.4 is 5.56 Å². The van der Waals surface area contributed by atoms with Crippen molar-refractivity contribution in [3.05, 3.63) is 22.1 Å². The lowest BCUT2D eigenvalue weighted by Crippen LogP contribution is -2.33. The SMILES string of the molecule is Cc1cnc(SC[C@]23CCC[C@H]2CCO3)[nH]c1=O. The van der Waals surface area contributed by atoms with Gasteiger partial charge in [0.25, 0.3) is 5.56 Å². The van der Waals surface area contributed by atoms with Gasteiger partial charge in [0, 0.05) is 24.1 Å². The molecule has 18 heavy (non-hydrogen) atoms. The molecule has 0 radical (unpaired) electrons. The number of aryl methyl sites for hydroxylation is 1. The molecule has 1 saturated heterocycles. The molecule has 3 rings (SSSR count). The van der Waals surface area contributed by atoms with Crippen LogP contribution in [0.15, 0.2) is 16.1 Å². The van der Waals surface area contributed by atoms with Crippen LogP contribution in [0.5, 0.6) is 0 Å². The summed E-state index contributed by atoms with van der Waals surface area (Å²) in [6, 6.07) is 0. The Balaban J connectivity index is 1.70. The number of thioether (sulfide) groups is 1. The topological polar surface area (TPSA) is 55.0 Å². The van der Waals surface area contributed by atoms with Crippen molar-refractivity contribution in [3.63, 3.8) is 0 Å². The van der Waals surface area contributed by atoms with E-state index >= 15 is 0 Å². The third kappa shape index (κ3) is 2.10. The van der Waals surface area contributed by atoms with Gasteiger partial charge in [-0.1, -0.05) is 18.2 Å². The van der Waals surface area contributed by atoms with Crippen LogP contribution in [0, 0.1) is 12.8 Å². The van der Waals surface area contributed by atoms with Crippen LogP contribution in [0.4, 0.5) is 0 Å². The highest BCUT2D eigenvalue weighted by Gasteiger charge is 2.47. The molecule has 2 fully saturated rings. The molecular formula is C13H18N2O2S. The van der Waals surface area contributed by atoms with E-state index in [9.17, 15) is 4.79 Å². The second-order valence-electron chi connectivity index (χ2n) is 5.28. The highest BCUT2D eigenvalue weighted by atomic mass is 32.2. The number of rotatable bonds is 3. The van der Waals surface area contributed by atoms with E-state index in [1.807, 2.05) is 0 Å². The highest BCUT2D eigenvalue weighted by Crippen LogP contribution is 2.47. The van der Waals surface area contributed by atoms with Crippen LogP contribution in [0.25, 0.3) is 0 Å². The molecule has 1 N–H and O–H groups in total. The zero-order valence-corrected chi connectivity index (χ0v) is 11.4. The van der Waals surface area contributed by atoms with Gasteiger partial charge in [-0.2, -0.15) is 0 Å². The van der Waals surface area contributed by atoms with Gasteiger partial charge in [-0.05, 0) is 32.1 Å². The van der Waals surface area contributed by atoms with Crippen molar-refractivity contribution >= 4 is 11.8 Å². The molecule has 1 aromatic rings. The average Bonchev–Trinajstić information content (AvgIpc) is 2.90. The third-order valence-electron chi connectivity index (χ3n) is 4.16. The number of ether oxygens (including phenoxy) is 1. The van der Waals surface area contributed by atoms with Gasteiger partial charge in [0.1, 0.15) is 0 Å². The van der Waals surface area contributed by atoms with Gasteiger partial charge in [0.05, 0.1) is 5.60 Å². The number of hydrogen-bond donors (Lipinski definition) is 1. The molecule has 2 heterocycles. The average molecular weight is 266 g/mol. The minimum Gasteiger partial charge on any atom is -0.374 e. The molecule has 0 aromatic carbocycles. The lowest BCUT2D eigenvalue weighted by atomic mass is 9.93. The first-order chi connectivity index (χ1) is 8.70. The number of nitrogens with zero attached hydrogens (tertiary/aromatic N) is 1. The predicted octanol–water partition coefficient (Wildman–Crippen LogP) is 2.13. The summed E-state index contributed by atoms with van der Waals surface area (Å²) in [5, 5.41) is 0.709. The van der Waals surface area contributed by atoms with Crippen molar-refractivity contribution in [2.75, 3.05) is 12.4 Å². The first kappa shape index (κ1) is 12.2. The monoisotopic (exact) mass is 266 g/mol. The summed E-state index contributed by atoms with van der Waals surface area (Å²) in [6.45, 7) is 2.66. The molecule has 0 unspecified atom stereocenters. The molecule has 5 heteroatoms. The van der Waals surface area contributed by atoms with Crippen molar-refractivity contribution in [2.45, 2.75) is 43.4 Å². The van der Waals surface area contributed by atoms with E-state index in [-0.39, 0.29) is 11.2 Å². The van der Waals surface area contributed by atoms with Crippen molar-refractivity contribution in [3.8, 4) is 0 Å². The molecule has 98 valence electrons. The van der Waals surface area contributed by atoms with E-state index < -0.39 is 0 Å². The molecule has 1 aromatic heterocycles. The lowest BCUT2D eigenvalue weighted by molar-refractivity contribution is 0.0127. The van der Waals surface area contributed by atoms with E-state index in [1.165, 1.54) is 19.3 Å². The van der Waals surface area contributed by atoms with E-state index in [2.05, 4.69) is 9.97 Å². The highest BCUT2D eigenvalue weighted by molar-refractivity contribution is 7.99. The van der Waals surface area contributed by atoms with E-state index in [1.54, 1.807) is 24.9 Å². The molecule has 1 aliphatic carbocycles. The summed E-state index contributed by atoms with van der Waals surface area (Å²) < 4.78 is 6.00. The van der Waals surface area contributed by atoms with Crippen molar-refractivity contribution in [1.82, 2.24) is 9.97 Å². The van der Waals surface area contributed by atoms with Gasteiger partial charge in [0.2, 0.25) is 0 Å². The Hall–Kier alpha value is -0.810. The number of aromatic amines is 1. The summed E-state index contributed by atoms with van der Waals surface area (Å²) >= 11 is 1.62. The number of hydrogen-bond acceptors (Lipinski definition) is 4. The number of H-pyrrole nitrogens is 1. The van der Waals surface area contributed by atoms with E-state index in [0.717, 1.165) is 18.8 Å². The second-order valence-corrected chi connectivity index (χ2v) is 6.24. The second kappa shape index (κ2) is 4.70. The molecule has 2 aliphatic rings. The standard InChI is InChI=1S/C13H18N2O2S/c1-9-7-14-12(15-11(9)16)18-8-13-5-2-3-10(13)4-6-17-13/h7,10H,2-6,8H2,1H3,(H,14,15,16)/t10-,13+/m0/s1. The molecule has 0 amide bonds. The fourth-order valence-electron chi connectivity index (χ4n) is 3.05. The van der Waals surface area contributed by atoms with E-state index in [0.29, 0.717) is 16.6 Å². The summed E-state index contributed by atoms with van der Waals surface area (Å²) in [4.78, 5) is 18.6. The Labute approximate surface area is 111 Å². The summed E-state index contributed by atoms with van der Waals surface area (Å²) in [5.74, 6) is 1.62. The molecule has 4 nitrogen and oxygen atoms in total. The zero-order chi connectivity index (χ0) is 12.6. The predicted molar refractivity (Wildman–Crippen MR) is 71.0 cm³/mol. The quantitative estimate of drug-likeness (QED) is 0.672. The van der Waals surface area contributed by atoms with Gasteiger partial charge in [-0.3, -0.25) is 4.79 Å². The first-order valence-electron chi connectivity index (χ1n) is 6.52. The van der Waals surface area contributed by atoms with Gasteiger partial charge in [-0.15, -0.1) is 0 Å². The van der Waals surface area contributed by atoms with E-state index in [4.69, 9.17) is 4.74 Å². The molecule has 1 aliphatic heterocycles. The smallest absolute Gasteiger partial charge is 0.254 e. The van der Waals surface area contributed by atoms with Gasteiger partial charge >= 0.3 is 0 Å². The van der Waals surface area contributed by atoms with Crippen LogP contribution >= 0.6 is 11.8 Å². The summed E-state index contributed by atoms with van der Waals surface area (Å²) in [7, 11) is 0. The molecule has 2 atom stereocenters. The number of nitrogens with one attached hydrogen (secondary N) is 1. The minimum absolute atomic E-state index is 0.0414. The summed E-state index contributed by atoms with van der Waals surface area (Å²) in [6.07, 6.45) is 6.54. The largest absolute Gasteiger partial charge is 0.374 e. The van der Waals surface area contributed by atoms with Crippen molar-refractivity contribution < 1.29 is 4.74 Å². The normalized spacial score (nSPS) is 30.6. The third-order valence-corrected chi connectivity index (χ3v) is 5.27. The van der Waals surface area contributed by atoms with Crippen LogP contribution in [0.1, 0.15) is 31.2 Å². The Morgan fingerprint density at radius 3 is 3.33 bits per heavy atom. The fraction of sp³-hybridized carbons (Fsp3) is 0.692. The zero-order valence-electron chi connectivity index (χ0n) is 10.6. The maximum atomic E-state index is 11.5. The van der Waals surface area contributed by atoms with Gasteiger partial charge in [-0.25, -0.2) is 4.98 Å². The number of aromatic nitrogens is 2. The minimum atomic E-state index is -0.0414. The first-order valence-corrected chi connectivity index (χ1v) is 7.51. The van der Waals surface area contributed by atoms with Gasteiger partial charge in [0.15, 0.2) is 5.16 Å². The summed E-state index contributed by atoms with van der Waals surface area (Å²) in [5.41, 5.74) is 0.669. The van der Waals surface area contributed by atoms with Crippen LogP contribution in [0.3, 0.4) is 0 Å². The maximum Gasteiger partial charge on any atom is 0.254 e. The Bertz CT molecular complexity index is 490. The van der Waals surface area contributed by atoms with Crippen molar-refractivity contribution in [1.29, 1.82) is 0 Å². The van der Waals surface area contributed by atoms with Crippen LogP contribution in [-0.2, 0) is 4.74 Å². The lowest BCUT2D eigenvalue weighted by Gasteiger charge is -2.27.